The van der Waals surface area contributed by atoms with Gasteiger partial charge in [-0.25, -0.2) is 0 Å². The normalized spacial score (nSPS) is 17.6. The highest BCUT2D eigenvalue weighted by Crippen LogP contribution is 2.08. The number of benzene rings is 1. The SMILES string of the molecule is Cc1ccc(CN(CCN2CCN(C)CCN(CC(=O)O)CC2)CC(=O)O)cc1. The van der Waals surface area contributed by atoms with Gasteiger partial charge in [0.05, 0.1) is 13.1 Å². The van der Waals surface area contributed by atoms with Gasteiger partial charge in [-0.05, 0) is 19.5 Å². The molecule has 0 aliphatic carbocycles. The van der Waals surface area contributed by atoms with E-state index in [0.29, 0.717) is 19.6 Å². The number of nitrogens with zero attached hydrogens (tertiary/aromatic N) is 4. The number of rotatable bonds is 9. The van der Waals surface area contributed by atoms with Crippen LogP contribution in [0.2, 0.25) is 0 Å². The van der Waals surface area contributed by atoms with Gasteiger partial charge in [0.15, 0.2) is 0 Å². The molecule has 1 aliphatic rings. The van der Waals surface area contributed by atoms with Crippen LogP contribution >= 0.6 is 0 Å². The second kappa shape index (κ2) is 11.9. The van der Waals surface area contributed by atoms with Crippen LogP contribution in [-0.2, 0) is 16.1 Å². The van der Waals surface area contributed by atoms with E-state index >= 15 is 0 Å². The second-order valence-corrected chi connectivity index (χ2v) is 7.90. The summed E-state index contributed by atoms with van der Waals surface area (Å²) < 4.78 is 0. The minimum Gasteiger partial charge on any atom is -0.480 e. The molecule has 1 saturated heterocycles. The molecule has 1 aliphatic heterocycles. The molecule has 0 unspecified atom stereocenters. The van der Waals surface area contributed by atoms with E-state index < -0.39 is 11.9 Å². The number of hydrogen-bond acceptors (Lipinski definition) is 6. The van der Waals surface area contributed by atoms with Crippen molar-refractivity contribution >= 4 is 11.9 Å². The van der Waals surface area contributed by atoms with Crippen LogP contribution in [0.15, 0.2) is 24.3 Å². The Bertz CT molecular complexity index is 653. The third-order valence-corrected chi connectivity index (χ3v) is 5.31. The molecule has 8 heteroatoms. The number of carboxylic acid groups (broad SMARTS) is 2. The Kier molecular flexibility index (Phi) is 9.53. The first kappa shape index (κ1) is 23.3. The van der Waals surface area contributed by atoms with E-state index in [2.05, 4.69) is 16.8 Å². The minimum atomic E-state index is -0.825. The van der Waals surface area contributed by atoms with Crippen LogP contribution in [0.4, 0.5) is 0 Å². The van der Waals surface area contributed by atoms with Crippen LogP contribution in [0.25, 0.3) is 0 Å². The Labute approximate surface area is 173 Å². The van der Waals surface area contributed by atoms with Crippen LogP contribution in [0.3, 0.4) is 0 Å². The molecule has 1 aromatic carbocycles. The fourth-order valence-electron chi connectivity index (χ4n) is 3.46. The third-order valence-electron chi connectivity index (χ3n) is 5.31. The summed E-state index contributed by atoms with van der Waals surface area (Å²) in [5.74, 6) is -1.63. The Morgan fingerprint density at radius 3 is 2.14 bits per heavy atom. The first-order valence-corrected chi connectivity index (χ1v) is 10.2. The molecule has 0 atom stereocenters. The summed E-state index contributed by atoms with van der Waals surface area (Å²) in [6.07, 6.45) is 0. The Morgan fingerprint density at radius 1 is 0.931 bits per heavy atom. The lowest BCUT2D eigenvalue weighted by atomic mass is 10.1. The van der Waals surface area contributed by atoms with E-state index in [1.165, 1.54) is 5.56 Å². The number of hydrogen-bond donors (Lipinski definition) is 2. The summed E-state index contributed by atoms with van der Waals surface area (Å²) in [6, 6.07) is 8.18. The summed E-state index contributed by atoms with van der Waals surface area (Å²) >= 11 is 0. The van der Waals surface area contributed by atoms with Gasteiger partial charge in [0.25, 0.3) is 0 Å². The fraction of sp³-hybridized carbons (Fsp3) is 0.619. The van der Waals surface area contributed by atoms with Crippen LogP contribution in [0.5, 0.6) is 0 Å². The molecule has 162 valence electrons. The maximum Gasteiger partial charge on any atom is 0.317 e. The van der Waals surface area contributed by atoms with Crippen molar-refractivity contribution in [2.45, 2.75) is 13.5 Å². The van der Waals surface area contributed by atoms with Crippen LogP contribution < -0.4 is 0 Å². The Morgan fingerprint density at radius 2 is 1.52 bits per heavy atom. The van der Waals surface area contributed by atoms with Gasteiger partial charge in [-0.3, -0.25) is 24.3 Å². The fourth-order valence-corrected chi connectivity index (χ4v) is 3.46. The highest BCUT2D eigenvalue weighted by atomic mass is 16.4. The minimum absolute atomic E-state index is 0.00670. The van der Waals surface area contributed by atoms with Gasteiger partial charge in [-0.15, -0.1) is 0 Å². The largest absolute Gasteiger partial charge is 0.480 e. The lowest BCUT2D eigenvalue weighted by molar-refractivity contribution is -0.139. The molecule has 0 amide bonds. The molecule has 0 radical (unpaired) electrons. The molecule has 1 aromatic rings. The van der Waals surface area contributed by atoms with Gasteiger partial charge in [-0.2, -0.15) is 0 Å². The standard InChI is InChI=1S/C21H34N4O4/c1-18-3-5-19(6-4-18)15-25(17-21(28)29)14-12-23-9-7-22(2)8-10-24(13-11-23)16-20(26)27/h3-6H,7-17H2,1-2H3,(H,26,27)(H,28,29). The van der Waals surface area contributed by atoms with Crippen molar-refractivity contribution in [1.29, 1.82) is 0 Å². The predicted octanol–water partition coefficient (Wildman–Crippen LogP) is 0.516. The van der Waals surface area contributed by atoms with Crippen molar-refractivity contribution in [3.05, 3.63) is 35.4 Å². The van der Waals surface area contributed by atoms with Gasteiger partial charge in [0, 0.05) is 58.9 Å². The molecule has 2 rings (SSSR count). The van der Waals surface area contributed by atoms with Gasteiger partial charge >= 0.3 is 11.9 Å². The molecule has 8 nitrogen and oxygen atoms in total. The molecule has 0 saturated carbocycles. The quantitative estimate of drug-likeness (QED) is 0.614. The maximum atomic E-state index is 11.3. The first-order valence-electron chi connectivity index (χ1n) is 10.2. The predicted molar refractivity (Wildman–Crippen MR) is 112 cm³/mol. The molecular formula is C21H34N4O4. The average molecular weight is 407 g/mol. The van der Waals surface area contributed by atoms with E-state index in [1.807, 2.05) is 41.0 Å². The first-order chi connectivity index (χ1) is 13.8. The van der Waals surface area contributed by atoms with Crippen molar-refractivity contribution in [2.24, 2.45) is 0 Å². The third kappa shape index (κ3) is 9.36. The second-order valence-electron chi connectivity index (χ2n) is 7.90. The Hall–Kier alpha value is -2.00. The monoisotopic (exact) mass is 406 g/mol. The highest BCUT2D eigenvalue weighted by Gasteiger charge is 2.18. The summed E-state index contributed by atoms with van der Waals surface area (Å²) in [7, 11) is 2.05. The molecule has 0 bridgehead atoms. The lowest BCUT2D eigenvalue weighted by Gasteiger charge is -2.28. The Balaban J connectivity index is 1.94. The van der Waals surface area contributed by atoms with Crippen molar-refractivity contribution in [2.75, 3.05) is 72.5 Å². The smallest absolute Gasteiger partial charge is 0.317 e. The lowest BCUT2D eigenvalue weighted by Crippen LogP contribution is -2.42. The molecule has 1 heterocycles. The van der Waals surface area contributed by atoms with E-state index in [4.69, 9.17) is 5.11 Å². The zero-order valence-electron chi connectivity index (χ0n) is 17.6. The highest BCUT2D eigenvalue weighted by molar-refractivity contribution is 5.69. The number of aliphatic carboxylic acids is 2. The van der Waals surface area contributed by atoms with Crippen molar-refractivity contribution < 1.29 is 19.8 Å². The van der Waals surface area contributed by atoms with Gasteiger partial charge in [-0.1, -0.05) is 29.8 Å². The number of carbonyl (C=O) groups is 2. The van der Waals surface area contributed by atoms with E-state index in [0.717, 1.165) is 44.8 Å². The molecule has 2 N–H and O–H groups in total. The number of aryl methyl sites for hydroxylation is 1. The summed E-state index contributed by atoms with van der Waals surface area (Å²) in [6.45, 7) is 9.00. The van der Waals surface area contributed by atoms with Crippen molar-refractivity contribution in [1.82, 2.24) is 19.6 Å². The van der Waals surface area contributed by atoms with Gasteiger partial charge in [0.2, 0.25) is 0 Å². The summed E-state index contributed by atoms with van der Waals surface area (Å²) in [5, 5.41) is 18.4. The molecular weight excluding hydrogens is 372 g/mol. The number of likely N-dealkylation sites (N-methyl/N-ethyl adjacent to an activating group) is 1. The molecule has 0 aromatic heterocycles. The molecule has 29 heavy (non-hydrogen) atoms. The summed E-state index contributed by atoms with van der Waals surface area (Å²) in [4.78, 5) is 30.9. The van der Waals surface area contributed by atoms with E-state index in [9.17, 15) is 14.7 Å². The van der Waals surface area contributed by atoms with Crippen LogP contribution in [-0.4, -0.2) is 114 Å². The average Bonchev–Trinajstić information content (AvgIpc) is 2.73. The van der Waals surface area contributed by atoms with Gasteiger partial charge in [0.1, 0.15) is 0 Å². The van der Waals surface area contributed by atoms with Crippen LogP contribution in [0.1, 0.15) is 11.1 Å². The van der Waals surface area contributed by atoms with Gasteiger partial charge < -0.3 is 15.1 Å². The van der Waals surface area contributed by atoms with E-state index in [-0.39, 0.29) is 13.1 Å². The van der Waals surface area contributed by atoms with Crippen molar-refractivity contribution in [3.63, 3.8) is 0 Å². The van der Waals surface area contributed by atoms with Crippen LogP contribution in [0, 0.1) is 6.92 Å². The number of carboxylic acids is 2. The maximum absolute atomic E-state index is 11.3. The zero-order chi connectivity index (χ0) is 21.2. The molecule has 1 fully saturated rings. The summed E-state index contributed by atoms with van der Waals surface area (Å²) in [5.41, 5.74) is 2.29. The van der Waals surface area contributed by atoms with E-state index in [1.54, 1.807) is 0 Å². The zero-order valence-corrected chi connectivity index (χ0v) is 17.6. The molecule has 0 spiro atoms. The topological polar surface area (TPSA) is 87.6 Å². The van der Waals surface area contributed by atoms with Crippen molar-refractivity contribution in [3.8, 4) is 0 Å².